The number of nitrogens with two attached hydrogens (primary N) is 1. The highest BCUT2D eigenvalue weighted by atomic mass is 19.1. The Morgan fingerprint density at radius 2 is 1.90 bits per heavy atom. The molecule has 0 amide bonds. The number of hydrogen-bond donors (Lipinski definition) is 1. The van der Waals surface area contributed by atoms with Crippen molar-refractivity contribution in [2.75, 3.05) is 12.8 Å². The number of hydrogen-bond acceptors (Lipinski definition) is 3. The first-order valence-electron chi connectivity index (χ1n) is 6.41. The van der Waals surface area contributed by atoms with Crippen molar-refractivity contribution in [1.82, 2.24) is 9.55 Å². The van der Waals surface area contributed by atoms with E-state index < -0.39 is 0 Å². The largest absolute Gasteiger partial charge is 0.495 e. The highest BCUT2D eigenvalue weighted by Gasteiger charge is 2.09. The lowest BCUT2D eigenvalue weighted by atomic mass is 10.1. The zero-order valence-corrected chi connectivity index (χ0v) is 11.5. The predicted octanol–water partition coefficient (Wildman–Crippen LogP) is 3.27. The number of benzene rings is 2. The van der Waals surface area contributed by atoms with Crippen LogP contribution in [0.2, 0.25) is 0 Å². The summed E-state index contributed by atoms with van der Waals surface area (Å²) in [5.74, 6) is 0.338. The van der Waals surface area contributed by atoms with E-state index in [1.54, 1.807) is 37.8 Å². The Kier molecular flexibility index (Phi) is 3.31. The molecule has 0 aliphatic heterocycles. The molecule has 0 saturated heterocycles. The van der Waals surface area contributed by atoms with E-state index in [-0.39, 0.29) is 5.82 Å². The third-order valence-electron chi connectivity index (χ3n) is 3.27. The van der Waals surface area contributed by atoms with Crippen LogP contribution in [-0.4, -0.2) is 16.7 Å². The Hall–Kier alpha value is -2.82. The third kappa shape index (κ3) is 2.45. The van der Waals surface area contributed by atoms with Gasteiger partial charge < -0.3 is 10.5 Å². The summed E-state index contributed by atoms with van der Waals surface area (Å²) < 4.78 is 20.2. The molecule has 0 spiro atoms. The quantitative estimate of drug-likeness (QED) is 0.751. The van der Waals surface area contributed by atoms with E-state index in [0.29, 0.717) is 11.4 Å². The van der Waals surface area contributed by atoms with Crippen LogP contribution in [0.3, 0.4) is 0 Å². The van der Waals surface area contributed by atoms with Crippen molar-refractivity contribution >= 4 is 5.69 Å². The molecule has 0 aliphatic rings. The number of nitrogen functional groups attached to an aromatic ring is 1. The molecule has 0 saturated carbocycles. The summed E-state index contributed by atoms with van der Waals surface area (Å²) in [5, 5.41) is 0. The summed E-state index contributed by atoms with van der Waals surface area (Å²) in [6.07, 6.45) is 3.43. The highest BCUT2D eigenvalue weighted by molar-refractivity contribution is 5.64. The summed E-state index contributed by atoms with van der Waals surface area (Å²) in [6, 6.07) is 11.8. The monoisotopic (exact) mass is 283 g/mol. The van der Waals surface area contributed by atoms with Gasteiger partial charge in [-0.2, -0.15) is 0 Å². The molecule has 2 aromatic carbocycles. The number of nitrogens with zero attached hydrogens (tertiary/aromatic N) is 2. The smallest absolute Gasteiger partial charge is 0.143 e. The van der Waals surface area contributed by atoms with E-state index in [0.717, 1.165) is 16.9 Å². The molecule has 0 unspecified atom stereocenters. The van der Waals surface area contributed by atoms with Gasteiger partial charge in [-0.1, -0.05) is 0 Å². The lowest BCUT2D eigenvalue weighted by molar-refractivity contribution is 0.417. The molecule has 0 aliphatic carbocycles. The maximum atomic E-state index is 13.0. The van der Waals surface area contributed by atoms with Crippen molar-refractivity contribution in [2.45, 2.75) is 0 Å². The molecule has 5 heteroatoms. The Labute approximate surface area is 121 Å². The molecule has 1 heterocycles. The van der Waals surface area contributed by atoms with Gasteiger partial charge in [0.25, 0.3) is 0 Å². The lowest BCUT2D eigenvalue weighted by Gasteiger charge is -2.11. The van der Waals surface area contributed by atoms with Gasteiger partial charge in [-0.3, -0.25) is 4.57 Å². The molecular formula is C16H14FN3O. The summed E-state index contributed by atoms with van der Waals surface area (Å²) in [7, 11) is 1.57. The molecule has 4 nitrogen and oxygen atoms in total. The van der Waals surface area contributed by atoms with Gasteiger partial charge in [0.1, 0.15) is 11.6 Å². The number of aromatic nitrogens is 2. The van der Waals surface area contributed by atoms with Gasteiger partial charge in [0.2, 0.25) is 0 Å². The van der Waals surface area contributed by atoms with Crippen molar-refractivity contribution in [3.05, 3.63) is 60.8 Å². The van der Waals surface area contributed by atoms with Crippen LogP contribution in [-0.2, 0) is 0 Å². The molecular weight excluding hydrogens is 269 g/mol. The van der Waals surface area contributed by atoms with Gasteiger partial charge in [0.15, 0.2) is 0 Å². The number of anilines is 1. The molecule has 2 N–H and O–H groups in total. The second-order valence-corrected chi connectivity index (χ2v) is 4.58. The van der Waals surface area contributed by atoms with Gasteiger partial charge in [-0.25, -0.2) is 9.37 Å². The van der Waals surface area contributed by atoms with Gasteiger partial charge in [0.05, 0.1) is 36.7 Å². The fourth-order valence-electron chi connectivity index (χ4n) is 2.18. The van der Waals surface area contributed by atoms with Gasteiger partial charge in [-0.05, 0) is 36.4 Å². The molecule has 0 bridgehead atoms. The summed E-state index contributed by atoms with van der Waals surface area (Å²) in [6.45, 7) is 0. The normalized spacial score (nSPS) is 10.6. The van der Waals surface area contributed by atoms with Crippen LogP contribution in [0.5, 0.6) is 5.75 Å². The number of methoxy groups -OCH3 is 1. The number of rotatable bonds is 3. The van der Waals surface area contributed by atoms with Gasteiger partial charge in [-0.15, -0.1) is 0 Å². The van der Waals surface area contributed by atoms with E-state index in [9.17, 15) is 4.39 Å². The summed E-state index contributed by atoms with van der Waals surface area (Å²) in [4.78, 5) is 4.17. The lowest BCUT2D eigenvalue weighted by Crippen LogP contribution is -1.98. The zero-order valence-electron chi connectivity index (χ0n) is 11.5. The molecule has 3 aromatic rings. The second kappa shape index (κ2) is 5.28. The van der Waals surface area contributed by atoms with E-state index in [1.807, 2.05) is 16.7 Å². The van der Waals surface area contributed by atoms with Crippen LogP contribution in [0, 0.1) is 5.82 Å². The molecule has 0 atom stereocenters. The van der Waals surface area contributed by atoms with E-state index in [2.05, 4.69) is 4.98 Å². The van der Waals surface area contributed by atoms with Crippen LogP contribution >= 0.6 is 0 Å². The second-order valence-electron chi connectivity index (χ2n) is 4.58. The number of ether oxygens (including phenoxy) is 1. The maximum Gasteiger partial charge on any atom is 0.143 e. The first-order valence-corrected chi connectivity index (χ1v) is 6.41. The highest BCUT2D eigenvalue weighted by Crippen LogP contribution is 2.28. The Morgan fingerprint density at radius 3 is 2.62 bits per heavy atom. The molecule has 106 valence electrons. The van der Waals surface area contributed by atoms with Crippen LogP contribution in [0.1, 0.15) is 0 Å². The summed E-state index contributed by atoms with van der Waals surface area (Å²) >= 11 is 0. The van der Waals surface area contributed by atoms with E-state index in [1.165, 1.54) is 12.1 Å². The molecule has 21 heavy (non-hydrogen) atoms. The van der Waals surface area contributed by atoms with Crippen LogP contribution < -0.4 is 10.5 Å². The topological polar surface area (TPSA) is 53.1 Å². The third-order valence-corrected chi connectivity index (χ3v) is 3.27. The number of halogens is 1. The van der Waals surface area contributed by atoms with Crippen LogP contribution in [0.15, 0.2) is 55.0 Å². The molecule has 0 radical (unpaired) electrons. The zero-order chi connectivity index (χ0) is 14.8. The first-order chi connectivity index (χ1) is 10.2. The van der Waals surface area contributed by atoms with E-state index in [4.69, 9.17) is 10.5 Å². The number of imidazole rings is 1. The molecule has 1 aromatic heterocycles. The average Bonchev–Trinajstić information content (AvgIpc) is 2.98. The van der Waals surface area contributed by atoms with Gasteiger partial charge >= 0.3 is 0 Å². The van der Waals surface area contributed by atoms with Crippen LogP contribution in [0.25, 0.3) is 16.9 Å². The minimum absolute atomic E-state index is 0.265. The van der Waals surface area contributed by atoms with Crippen molar-refractivity contribution in [1.29, 1.82) is 0 Å². The average molecular weight is 283 g/mol. The van der Waals surface area contributed by atoms with Gasteiger partial charge in [0, 0.05) is 11.6 Å². The predicted molar refractivity (Wildman–Crippen MR) is 79.9 cm³/mol. The molecule has 0 fully saturated rings. The Morgan fingerprint density at radius 1 is 1.14 bits per heavy atom. The fraction of sp³-hybridized carbons (Fsp3) is 0.0625. The maximum absolute atomic E-state index is 13.0. The first kappa shape index (κ1) is 13.2. The van der Waals surface area contributed by atoms with Crippen molar-refractivity contribution in [2.24, 2.45) is 0 Å². The standard InChI is InChI=1S/C16H14FN3O/c1-21-16-8-13(6-7-14(16)18)20-10-19-9-15(20)11-2-4-12(17)5-3-11/h2-10H,18H2,1H3. The van der Waals surface area contributed by atoms with Crippen LogP contribution in [0.4, 0.5) is 10.1 Å². The van der Waals surface area contributed by atoms with E-state index >= 15 is 0 Å². The Balaban J connectivity index is 2.08. The minimum atomic E-state index is -0.265. The summed E-state index contributed by atoms with van der Waals surface area (Å²) in [5.41, 5.74) is 9.02. The minimum Gasteiger partial charge on any atom is -0.495 e. The SMILES string of the molecule is COc1cc(-n2cncc2-c2ccc(F)cc2)ccc1N. The fourth-order valence-corrected chi connectivity index (χ4v) is 2.18. The Bertz CT molecular complexity index is 765. The molecule has 3 rings (SSSR count). The van der Waals surface area contributed by atoms with Crippen molar-refractivity contribution in [3.8, 4) is 22.7 Å². The van der Waals surface area contributed by atoms with Crippen molar-refractivity contribution < 1.29 is 9.13 Å². The van der Waals surface area contributed by atoms with Crippen molar-refractivity contribution in [3.63, 3.8) is 0 Å².